The fourth-order valence-corrected chi connectivity index (χ4v) is 5.76. The molecule has 2 heteroatoms. The summed E-state index contributed by atoms with van der Waals surface area (Å²) in [4.78, 5) is 6.18. The Kier molecular flexibility index (Phi) is 3.42. The van der Waals surface area contributed by atoms with Crippen molar-refractivity contribution in [2.24, 2.45) is 0 Å². The van der Waals surface area contributed by atoms with E-state index in [1.54, 1.807) is 20.9 Å². The first kappa shape index (κ1) is 15.3. The van der Waals surface area contributed by atoms with Gasteiger partial charge in [-0.3, -0.25) is 0 Å². The van der Waals surface area contributed by atoms with Gasteiger partial charge in [-0.2, -0.15) is 0 Å². The summed E-state index contributed by atoms with van der Waals surface area (Å²) in [5.74, 6) is 0.620. The maximum Gasteiger partial charge on any atom is 0.0487 e. The normalized spacial score (nSPS) is 15.4. The van der Waals surface area contributed by atoms with E-state index in [2.05, 4.69) is 60.6 Å². The van der Waals surface area contributed by atoms with E-state index in [9.17, 15) is 0 Å². The van der Waals surface area contributed by atoms with Crippen LogP contribution in [-0.2, 0) is 10.8 Å². The van der Waals surface area contributed by atoms with Gasteiger partial charge in [0.1, 0.15) is 0 Å². The zero-order chi connectivity index (χ0) is 15.6. The molecular weight excluding hydrogens is 292 g/mol. The lowest BCUT2D eigenvalue weighted by atomic mass is 9.89. The van der Waals surface area contributed by atoms with Crippen LogP contribution >= 0.6 is 22.7 Å². The molecule has 0 nitrogen and oxygen atoms in total. The van der Waals surface area contributed by atoms with Gasteiger partial charge in [-0.05, 0) is 40.5 Å². The predicted octanol–water partition coefficient (Wildman–Crippen LogP) is 6.93. The van der Waals surface area contributed by atoms with E-state index in [4.69, 9.17) is 0 Å². The molecule has 114 valence electrons. The highest BCUT2D eigenvalue weighted by Gasteiger charge is 2.35. The van der Waals surface area contributed by atoms with Gasteiger partial charge in [-0.1, -0.05) is 48.5 Å². The molecule has 0 radical (unpaired) electrons. The van der Waals surface area contributed by atoms with Crippen LogP contribution in [0.15, 0.2) is 12.1 Å². The van der Waals surface area contributed by atoms with E-state index in [0.29, 0.717) is 5.92 Å². The molecule has 0 unspecified atom stereocenters. The molecular formula is C19H26S2. The molecule has 0 saturated heterocycles. The van der Waals surface area contributed by atoms with Crippen LogP contribution in [0.4, 0.5) is 0 Å². The molecule has 0 saturated carbocycles. The minimum atomic E-state index is 0.261. The van der Waals surface area contributed by atoms with Gasteiger partial charge in [0.05, 0.1) is 0 Å². The largest absolute Gasteiger partial charge is 0.139 e. The van der Waals surface area contributed by atoms with Crippen LogP contribution in [0.1, 0.15) is 81.7 Å². The van der Waals surface area contributed by atoms with Crippen LogP contribution in [0.25, 0.3) is 9.75 Å². The van der Waals surface area contributed by atoms with Crippen LogP contribution in [0, 0.1) is 0 Å². The summed E-state index contributed by atoms with van der Waals surface area (Å²) in [5, 5.41) is 0. The van der Waals surface area contributed by atoms with E-state index < -0.39 is 0 Å². The first-order valence-corrected chi connectivity index (χ1v) is 9.55. The summed E-state index contributed by atoms with van der Waals surface area (Å²) < 4.78 is 0. The molecule has 0 bridgehead atoms. The van der Waals surface area contributed by atoms with Crippen LogP contribution in [0.5, 0.6) is 0 Å². The average molecular weight is 319 g/mol. The Labute approximate surface area is 137 Å². The highest BCUT2D eigenvalue weighted by atomic mass is 32.1. The molecule has 0 aromatic carbocycles. The SMILES string of the molecule is CCC1c2cc(C(C)(C)C)sc2-c2sc(C(C)(C)C)cc21. The minimum Gasteiger partial charge on any atom is -0.139 e. The Balaban J connectivity index is 2.16. The number of hydrogen-bond donors (Lipinski definition) is 0. The zero-order valence-electron chi connectivity index (χ0n) is 14.3. The van der Waals surface area contributed by atoms with Crippen molar-refractivity contribution in [1.82, 2.24) is 0 Å². The fraction of sp³-hybridized carbons (Fsp3) is 0.579. The van der Waals surface area contributed by atoms with Crippen LogP contribution in [0.3, 0.4) is 0 Å². The second-order valence-electron chi connectivity index (χ2n) is 8.25. The quantitative estimate of drug-likeness (QED) is 0.535. The summed E-state index contributed by atoms with van der Waals surface area (Å²) in [7, 11) is 0. The summed E-state index contributed by atoms with van der Waals surface area (Å²) in [5.41, 5.74) is 3.71. The standard InChI is InChI=1S/C19H26S2/c1-8-11-12-9-14(18(2,3)4)20-16(12)17-13(11)10-15(21-17)19(5,6)7/h9-11H,8H2,1-7H3. The predicted molar refractivity (Wildman–Crippen MR) is 97.2 cm³/mol. The maximum absolute atomic E-state index is 2.48. The molecule has 0 spiro atoms. The molecule has 3 rings (SSSR count). The molecule has 0 aliphatic heterocycles. The van der Waals surface area contributed by atoms with E-state index in [0.717, 1.165) is 0 Å². The highest BCUT2D eigenvalue weighted by molar-refractivity contribution is 7.22. The van der Waals surface area contributed by atoms with Gasteiger partial charge in [0.2, 0.25) is 0 Å². The fourth-order valence-electron chi connectivity index (χ4n) is 3.03. The van der Waals surface area contributed by atoms with Gasteiger partial charge < -0.3 is 0 Å². The molecule has 2 aromatic heterocycles. The Morgan fingerprint density at radius 3 is 1.48 bits per heavy atom. The Morgan fingerprint density at radius 1 is 0.810 bits per heavy atom. The van der Waals surface area contributed by atoms with Gasteiger partial charge in [0, 0.05) is 25.4 Å². The topological polar surface area (TPSA) is 0 Å². The van der Waals surface area contributed by atoms with Crippen molar-refractivity contribution in [2.45, 2.75) is 71.6 Å². The summed E-state index contributed by atoms with van der Waals surface area (Å²) in [6.45, 7) is 16.3. The molecule has 1 aliphatic carbocycles. The van der Waals surface area contributed by atoms with Crippen LogP contribution in [-0.4, -0.2) is 0 Å². The van der Waals surface area contributed by atoms with Gasteiger partial charge >= 0.3 is 0 Å². The number of hydrogen-bond acceptors (Lipinski definition) is 2. The zero-order valence-corrected chi connectivity index (χ0v) is 15.9. The highest BCUT2D eigenvalue weighted by Crippen LogP contribution is 2.56. The average Bonchev–Trinajstić information content (AvgIpc) is 2.94. The number of thiophene rings is 2. The summed E-state index contributed by atoms with van der Waals surface area (Å²) >= 11 is 4.05. The Morgan fingerprint density at radius 2 is 1.19 bits per heavy atom. The number of fused-ring (bicyclic) bond motifs is 3. The molecule has 2 aromatic rings. The van der Waals surface area contributed by atoms with Gasteiger partial charge in [0.25, 0.3) is 0 Å². The summed E-state index contributed by atoms with van der Waals surface area (Å²) in [6.07, 6.45) is 1.21. The van der Waals surface area contributed by atoms with Crippen molar-refractivity contribution >= 4 is 22.7 Å². The third-order valence-electron chi connectivity index (χ3n) is 4.37. The maximum atomic E-state index is 2.48. The molecule has 0 atom stereocenters. The number of rotatable bonds is 1. The first-order chi connectivity index (χ1) is 9.63. The Hall–Kier alpha value is -0.600. The van der Waals surface area contributed by atoms with E-state index >= 15 is 0 Å². The first-order valence-electron chi connectivity index (χ1n) is 7.91. The van der Waals surface area contributed by atoms with E-state index in [1.165, 1.54) is 16.2 Å². The third kappa shape index (κ3) is 2.41. The second kappa shape index (κ2) is 4.70. The van der Waals surface area contributed by atoms with Crippen molar-refractivity contribution < 1.29 is 0 Å². The molecule has 1 aliphatic rings. The molecule has 0 fully saturated rings. The molecule has 2 heterocycles. The van der Waals surface area contributed by atoms with Crippen molar-refractivity contribution in [3.8, 4) is 9.75 Å². The lowest BCUT2D eigenvalue weighted by Gasteiger charge is -2.17. The molecule has 0 N–H and O–H groups in total. The second-order valence-corrected chi connectivity index (χ2v) is 10.4. The monoisotopic (exact) mass is 318 g/mol. The smallest absolute Gasteiger partial charge is 0.0487 e. The van der Waals surface area contributed by atoms with Crippen molar-refractivity contribution in [1.29, 1.82) is 0 Å². The van der Waals surface area contributed by atoms with Crippen LogP contribution in [0.2, 0.25) is 0 Å². The van der Waals surface area contributed by atoms with Crippen molar-refractivity contribution in [2.75, 3.05) is 0 Å². The molecule has 21 heavy (non-hydrogen) atoms. The van der Waals surface area contributed by atoms with Gasteiger partial charge in [-0.25, -0.2) is 0 Å². The van der Waals surface area contributed by atoms with E-state index in [-0.39, 0.29) is 10.8 Å². The molecule has 0 amide bonds. The lowest BCUT2D eigenvalue weighted by Crippen LogP contribution is -2.08. The van der Waals surface area contributed by atoms with Gasteiger partial charge in [-0.15, -0.1) is 22.7 Å². The third-order valence-corrected chi connectivity index (χ3v) is 7.68. The van der Waals surface area contributed by atoms with Gasteiger partial charge in [0.15, 0.2) is 0 Å². The lowest BCUT2D eigenvalue weighted by molar-refractivity contribution is 0.602. The van der Waals surface area contributed by atoms with Crippen molar-refractivity contribution in [3.63, 3.8) is 0 Å². The minimum absolute atomic E-state index is 0.261. The Bertz CT molecular complexity index is 613. The van der Waals surface area contributed by atoms with Crippen LogP contribution < -0.4 is 0 Å². The summed E-state index contributed by atoms with van der Waals surface area (Å²) in [6, 6.07) is 4.97. The van der Waals surface area contributed by atoms with Crippen molar-refractivity contribution in [3.05, 3.63) is 33.0 Å². The van der Waals surface area contributed by atoms with E-state index in [1.807, 2.05) is 22.7 Å².